The number of aliphatic hydroxyl groups is 2. The highest BCUT2D eigenvalue weighted by Gasteiger charge is 2.39. The van der Waals surface area contributed by atoms with Crippen molar-refractivity contribution in [3.05, 3.63) is 0 Å². The second kappa shape index (κ2) is 10.7. The van der Waals surface area contributed by atoms with E-state index in [0.29, 0.717) is 6.42 Å². The minimum absolute atomic E-state index is 0.126. The van der Waals surface area contributed by atoms with Crippen molar-refractivity contribution in [2.45, 2.75) is 56.5 Å². The molecule has 1 fully saturated rings. The molecule has 13 nitrogen and oxygen atoms in total. The normalized spacial score (nSPS) is 20.3. The van der Waals surface area contributed by atoms with Crippen LogP contribution in [0.2, 0.25) is 0 Å². The van der Waals surface area contributed by atoms with Crippen LogP contribution in [-0.4, -0.2) is 93.2 Å². The molecule has 0 saturated carbocycles. The Hall–Kier alpha value is -2.77. The number of rotatable bonds is 10. The molecule has 1 aliphatic heterocycles. The van der Waals surface area contributed by atoms with Crippen LogP contribution in [0.1, 0.15) is 26.2 Å². The predicted octanol–water partition coefficient (Wildman–Crippen LogP) is -4.39. The molecule has 13 heteroatoms. The zero-order chi connectivity index (χ0) is 22.3. The molecule has 1 rings (SSSR count). The average molecular weight is 417 g/mol. The number of nitrogens with one attached hydrogen (secondary N) is 2. The van der Waals surface area contributed by atoms with E-state index in [1.807, 2.05) is 0 Å². The fourth-order valence-corrected chi connectivity index (χ4v) is 2.84. The molecule has 29 heavy (non-hydrogen) atoms. The molecule has 1 aliphatic rings. The van der Waals surface area contributed by atoms with Crippen molar-refractivity contribution >= 4 is 29.6 Å². The summed E-state index contributed by atoms with van der Waals surface area (Å²) in [6.07, 6.45) is -1.13. The first-order chi connectivity index (χ1) is 13.5. The van der Waals surface area contributed by atoms with Crippen LogP contribution in [0.25, 0.3) is 0 Å². The Morgan fingerprint density at radius 1 is 1.17 bits per heavy atom. The standard InChI is InChI=1S/C16H27N5O8/c1-7(23)12(18)14(26)19-8(5-11(17)24)15(27)21-4-2-3-10(21)13(25)20-9(6-22)16(28)29/h7-10,12,22-23H,2-6,18H2,1H3,(H2,17,24)(H,19,26)(H,20,25)(H,28,29). The predicted molar refractivity (Wildman–Crippen MR) is 96.8 cm³/mol. The molecule has 9 N–H and O–H groups in total. The van der Waals surface area contributed by atoms with Gasteiger partial charge in [0.25, 0.3) is 0 Å². The maximum Gasteiger partial charge on any atom is 0.328 e. The van der Waals surface area contributed by atoms with E-state index in [1.165, 1.54) is 6.92 Å². The van der Waals surface area contributed by atoms with Crippen molar-refractivity contribution in [1.29, 1.82) is 0 Å². The van der Waals surface area contributed by atoms with E-state index in [1.54, 1.807) is 0 Å². The maximum absolute atomic E-state index is 12.9. The number of likely N-dealkylation sites (tertiary alicyclic amines) is 1. The summed E-state index contributed by atoms with van der Waals surface area (Å²) in [6, 6.07) is -5.35. The van der Waals surface area contributed by atoms with Gasteiger partial charge in [0.1, 0.15) is 24.2 Å². The first-order valence-electron chi connectivity index (χ1n) is 8.96. The number of amides is 4. The Bertz CT molecular complexity index is 655. The fourth-order valence-electron chi connectivity index (χ4n) is 2.84. The second-order valence-electron chi connectivity index (χ2n) is 6.77. The third kappa shape index (κ3) is 6.66. The molecular weight excluding hydrogens is 390 g/mol. The Morgan fingerprint density at radius 3 is 2.28 bits per heavy atom. The lowest BCUT2D eigenvalue weighted by Gasteiger charge is -2.29. The first-order valence-corrected chi connectivity index (χ1v) is 8.96. The average Bonchev–Trinajstić information content (AvgIpc) is 3.13. The highest BCUT2D eigenvalue weighted by Crippen LogP contribution is 2.19. The number of hydrogen-bond donors (Lipinski definition) is 7. The molecule has 0 aromatic rings. The zero-order valence-corrected chi connectivity index (χ0v) is 15.9. The lowest BCUT2D eigenvalue weighted by Crippen LogP contribution is -2.58. The van der Waals surface area contributed by atoms with Gasteiger partial charge in [-0.1, -0.05) is 0 Å². The van der Waals surface area contributed by atoms with Gasteiger partial charge in [-0.25, -0.2) is 4.79 Å². The van der Waals surface area contributed by atoms with Gasteiger partial charge in [0.05, 0.1) is 19.1 Å². The molecule has 5 atom stereocenters. The van der Waals surface area contributed by atoms with E-state index >= 15 is 0 Å². The Morgan fingerprint density at radius 2 is 1.79 bits per heavy atom. The highest BCUT2D eigenvalue weighted by molar-refractivity contribution is 5.96. The first kappa shape index (κ1) is 24.3. The summed E-state index contributed by atoms with van der Waals surface area (Å²) in [5, 5.41) is 31.8. The number of nitrogens with two attached hydrogens (primary N) is 2. The van der Waals surface area contributed by atoms with Crippen LogP contribution in [0, 0.1) is 0 Å². The highest BCUT2D eigenvalue weighted by atomic mass is 16.4. The zero-order valence-electron chi connectivity index (χ0n) is 15.9. The number of primary amides is 1. The quantitative estimate of drug-likeness (QED) is 0.182. The number of carbonyl (C=O) groups excluding carboxylic acids is 4. The van der Waals surface area contributed by atoms with Crippen LogP contribution < -0.4 is 22.1 Å². The van der Waals surface area contributed by atoms with Crippen molar-refractivity contribution in [2.24, 2.45) is 11.5 Å². The van der Waals surface area contributed by atoms with Gasteiger partial charge in [-0.05, 0) is 19.8 Å². The number of aliphatic hydroxyl groups excluding tert-OH is 2. The van der Waals surface area contributed by atoms with Gasteiger partial charge >= 0.3 is 5.97 Å². The molecule has 0 radical (unpaired) electrons. The SMILES string of the molecule is CC(O)C(N)C(=O)NC(CC(N)=O)C(=O)N1CCCC1C(=O)NC(CO)C(=O)O. The summed E-state index contributed by atoms with van der Waals surface area (Å²) in [7, 11) is 0. The molecular formula is C16H27N5O8. The van der Waals surface area contributed by atoms with Crippen molar-refractivity contribution in [1.82, 2.24) is 15.5 Å². The van der Waals surface area contributed by atoms with Crippen molar-refractivity contribution in [2.75, 3.05) is 13.2 Å². The van der Waals surface area contributed by atoms with Crippen LogP contribution in [0.4, 0.5) is 0 Å². The monoisotopic (exact) mass is 417 g/mol. The van der Waals surface area contributed by atoms with Crippen LogP contribution >= 0.6 is 0 Å². The molecule has 0 aliphatic carbocycles. The number of carboxylic acids is 1. The Labute approximate surface area is 166 Å². The number of carbonyl (C=O) groups is 5. The lowest BCUT2D eigenvalue weighted by molar-refractivity contribution is -0.146. The Kier molecular flexibility index (Phi) is 8.94. The van der Waals surface area contributed by atoms with Gasteiger partial charge < -0.3 is 42.3 Å². The Balaban J connectivity index is 2.95. The van der Waals surface area contributed by atoms with Gasteiger partial charge in [-0.2, -0.15) is 0 Å². The van der Waals surface area contributed by atoms with Crippen molar-refractivity contribution in [3.8, 4) is 0 Å². The molecule has 4 amide bonds. The van der Waals surface area contributed by atoms with Gasteiger partial charge in [-0.15, -0.1) is 0 Å². The molecule has 0 aromatic heterocycles. The summed E-state index contributed by atoms with van der Waals surface area (Å²) in [6.45, 7) is 0.566. The van der Waals surface area contributed by atoms with Crippen molar-refractivity contribution < 1.29 is 39.3 Å². The number of carboxylic acid groups (broad SMARTS) is 1. The van der Waals surface area contributed by atoms with E-state index in [2.05, 4.69) is 10.6 Å². The summed E-state index contributed by atoms with van der Waals surface area (Å²) >= 11 is 0. The summed E-state index contributed by atoms with van der Waals surface area (Å²) < 4.78 is 0. The number of hydrogen-bond acceptors (Lipinski definition) is 8. The summed E-state index contributed by atoms with van der Waals surface area (Å²) in [4.78, 5) is 60.8. The van der Waals surface area contributed by atoms with Crippen LogP contribution in [-0.2, 0) is 24.0 Å². The molecule has 0 spiro atoms. The third-order valence-corrected chi connectivity index (χ3v) is 4.48. The van der Waals surface area contributed by atoms with E-state index in [-0.39, 0.29) is 13.0 Å². The second-order valence-corrected chi connectivity index (χ2v) is 6.77. The summed E-state index contributed by atoms with van der Waals surface area (Å²) in [5.41, 5.74) is 10.7. The lowest BCUT2D eigenvalue weighted by atomic mass is 10.1. The number of nitrogens with zero attached hydrogens (tertiary/aromatic N) is 1. The minimum Gasteiger partial charge on any atom is -0.480 e. The minimum atomic E-state index is -1.54. The van der Waals surface area contributed by atoms with E-state index in [0.717, 1.165) is 4.90 Å². The largest absolute Gasteiger partial charge is 0.480 e. The van der Waals surface area contributed by atoms with Crippen LogP contribution in [0.5, 0.6) is 0 Å². The molecule has 164 valence electrons. The van der Waals surface area contributed by atoms with E-state index < -0.39 is 72.9 Å². The third-order valence-electron chi connectivity index (χ3n) is 4.48. The molecule has 5 unspecified atom stereocenters. The molecule has 1 heterocycles. The molecule has 0 aromatic carbocycles. The van der Waals surface area contributed by atoms with Crippen LogP contribution in [0.15, 0.2) is 0 Å². The van der Waals surface area contributed by atoms with Gasteiger partial charge in [0.2, 0.25) is 23.6 Å². The van der Waals surface area contributed by atoms with E-state index in [9.17, 15) is 29.1 Å². The van der Waals surface area contributed by atoms with Gasteiger partial charge in [-0.3, -0.25) is 19.2 Å². The topological polar surface area (TPSA) is 225 Å². The number of aliphatic carboxylic acids is 1. The fraction of sp³-hybridized carbons (Fsp3) is 0.688. The van der Waals surface area contributed by atoms with Gasteiger partial charge in [0, 0.05) is 6.54 Å². The maximum atomic E-state index is 12.9. The van der Waals surface area contributed by atoms with Crippen molar-refractivity contribution in [3.63, 3.8) is 0 Å². The molecule has 0 bridgehead atoms. The smallest absolute Gasteiger partial charge is 0.328 e. The van der Waals surface area contributed by atoms with Gasteiger partial charge in [0.15, 0.2) is 0 Å². The molecule has 1 saturated heterocycles. The van der Waals surface area contributed by atoms with E-state index in [4.69, 9.17) is 21.7 Å². The van der Waals surface area contributed by atoms with Crippen LogP contribution in [0.3, 0.4) is 0 Å². The summed E-state index contributed by atoms with van der Waals surface area (Å²) in [5.74, 6) is -4.78.